The van der Waals surface area contributed by atoms with E-state index in [1.165, 1.54) is 46.8 Å². The third-order valence-electron chi connectivity index (χ3n) is 6.12. The maximum absolute atomic E-state index is 13.1. The van der Waals surface area contributed by atoms with Crippen molar-refractivity contribution in [3.05, 3.63) is 69.1 Å². The lowest BCUT2D eigenvalue weighted by Gasteiger charge is -2.20. The fourth-order valence-corrected chi connectivity index (χ4v) is 5.99. The lowest BCUT2D eigenvalue weighted by atomic mass is 10.0. The van der Waals surface area contributed by atoms with Gasteiger partial charge in [-0.25, -0.2) is 18.0 Å². The van der Waals surface area contributed by atoms with Crippen molar-refractivity contribution in [1.29, 1.82) is 0 Å². The lowest BCUT2D eigenvalue weighted by molar-refractivity contribution is 0.0473. The monoisotopic (exact) mass is 485 g/mol. The number of carbonyl (C=O) groups is 1. The molecule has 0 saturated heterocycles. The second kappa shape index (κ2) is 9.60. The molecule has 1 aliphatic rings. The van der Waals surface area contributed by atoms with Crippen LogP contribution < -0.4 is 10.4 Å². The largest absolute Gasteiger partial charge is 0.495 e. The Kier molecular flexibility index (Phi) is 6.77. The third-order valence-corrected chi connectivity index (χ3v) is 8.20. The zero-order valence-electron chi connectivity index (χ0n) is 19.4. The number of hydrogen-bond acceptors (Lipinski definition) is 7. The van der Waals surface area contributed by atoms with Gasteiger partial charge in [0.25, 0.3) is 0 Å². The molecule has 9 heteroatoms. The van der Waals surface area contributed by atoms with E-state index < -0.39 is 21.6 Å². The zero-order valence-corrected chi connectivity index (χ0v) is 20.2. The van der Waals surface area contributed by atoms with Crippen molar-refractivity contribution in [2.75, 3.05) is 20.2 Å². The van der Waals surface area contributed by atoms with Gasteiger partial charge in [0.05, 0.1) is 12.7 Å². The van der Waals surface area contributed by atoms with Crippen molar-refractivity contribution < 1.29 is 27.1 Å². The third kappa shape index (κ3) is 4.45. The number of esters is 1. The highest BCUT2D eigenvalue weighted by Gasteiger charge is 2.27. The smallest absolute Gasteiger partial charge is 0.338 e. The average Bonchev–Trinajstić information content (AvgIpc) is 3.28. The van der Waals surface area contributed by atoms with Gasteiger partial charge in [-0.2, -0.15) is 4.31 Å². The highest BCUT2D eigenvalue weighted by atomic mass is 32.2. The van der Waals surface area contributed by atoms with Crippen LogP contribution in [0.2, 0.25) is 0 Å². The molecular formula is C25H27NO7S. The molecule has 0 radical (unpaired) electrons. The van der Waals surface area contributed by atoms with E-state index in [1.54, 1.807) is 13.8 Å². The Morgan fingerprint density at radius 3 is 2.44 bits per heavy atom. The first-order valence-corrected chi connectivity index (χ1v) is 12.7. The topological polar surface area (TPSA) is 103 Å². The Morgan fingerprint density at radius 2 is 1.76 bits per heavy atom. The highest BCUT2D eigenvalue weighted by Crippen LogP contribution is 2.30. The molecule has 0 fully saturated rings. The minimum atomic E-state index is -3.86. The molecule has 0 saturated carbocycles. The second-order valence-corrected chi connectivity index (χ2v) is 10.00. The molecule has 180 valence electrons. The van der Waals surface area contributed by atoms with Crippen LogP contribution in [0.15, 0.2) is 50.5 Å². The number of nitrogens with zero attached hydrogens (tertiary/aromatic N) is 1. The summed E-state index contributed by atoms with van der Waals surface area (Å²) in [4.78, 5) is 24.8. The molecule has 0 spiro atoms. The molecule has 0 N–H and O–H groups in total. The van der Waals surface area contributed by atoms with Gasteiger partial charge in [0, 0.05) is 30.1 Å². The van der Waals surface area contributed by atoms with Gasteiger partial charge in [0.15, 0.2) is 0 Å². The van der Waals surface area contributed by atoms with Crippen LogP contribution in [0.1, 0.15) is 47.3 Å². The summed E-state index contributed by atoms with van der Waals surface area (Å²) in [6.07, 6.45) is 2.96. The van der Waals surface area contributed by atoms with Crippen molar-refractivity contribution in [2.24, 2.45) is 0 Å². The maximum atomic E-state index is 13.1. The number of methoxy groups -OCH3 is 1. The number of ether oxygens (including phenoxy) is 2. The van der Waals surface area contributed by atoms with Crippen LogP contribution in [-0.2, 0) is 34.2 Å². The Bertz CT molecular complexity index is 1400. The average molecular weight is 486 g/mol. The van der Waals surface area contributed by atoms with E-state index in [1.807, 2.05) is 12.1 Å². The second-order valence-electron chi connectivity index (χ2n) is 8.09. The summed E-state index contributed by atoms with van der Waals surface area (Å²) in [5.41, 5.74) is 2.93. The normalized spacial score (nSPS) is 13.3. The van der Waals surface area contributed by atoms with Gasteiger partial charge < -0.3 is 13.9 Å². The minimum absolute atomic E-state index is 0.0692. The van der Waals surface area contributed by atoms with Crippen LogP contribution in [0.5, 0.6) is 5.75 Å². The Labute approximate surface area is 198 Å². The predicted octanol–water partition coefficient (Wildman–Crippen LogP) is 3.68. The first-order valence-electron chi connectivity index (χ1n) is 11.2. The molecule has 1 aliphatic carbocycles. The molecule has 8 nitrogen and oxygen atoms in total. The Hall–Kier alpha value is -3.17. The van der Waals surface area contributed by atoms with Gasteiger partial charge in [-0.1, -0.05) is 13.8 Å². The number of sulfonamides is 1. The van der Waals surface area contributed by atoms with Crippen LogP contribution in [0.4, 0.5) is 0 Å². The van der Waals surface area contributed by atoms with Crippen LogP contribution in [0.3, 0.4) is 0 Å². The van der Waals surface area contributed by atoms with E-state index in [0.717, 1.165) is 24.6 Å². The zero-order chi connectivity index (χ0) is 24.5. The maximum Gasteiger partial charge on any atom is 0.338 e. The molecular weight excluding hydrogens is 458 g/mol. The van der Waals surface area contributed by atoms with Crippen molar-refractivity contribution >= 4 is 27.0 Å². The van der Waals surface area contributed by atoms with Gasteiger partial charge in [-0.3, -0.25) is 0 Å². The summed E-state index contributed by atoms with van der Waals surface area (Å²) in [5.74, 6) is -0.565. The van der Waals surface area contributed by atoms with Crippen LogP contribution in [0.25, 0.3) is 11.0 Å². The molecule has 0 amide bonds. The molecule has 4 rings (SSSR count). The highest BCUT2D eigenvalue weighted by molar-refractivity contribution is 7.89. The van der Waals surface area contributed by atoms with E-state index in [9.17, 15) is 18.0 Å². The number of aryl methyl sites for hydroxylation is 2. The van der Waals surface area contributed by atoms with E-state index in [4.69, 9.17) is 13.9 Å². The summed E-state index contributed by atoms with van der Waals surface area (Å²) in [6, 6.07) is 9.35. The predicted molar refractivity (Wildman–Crippen MR) is 127 cm³/mol. The van der Waals surface area contributed by atoms with Crippen LogP contribution in [-0.4, -0.2) is 38.9 Å². The molecule has 1 aromatic heterocycles. The summed E-state index contributed by atoms with van der Waals surface area (Å²) < 4.78 is 43.5. The lowest BCUT2D eigenvalue weighted by Crippen LogP contribution is -2.31. The fraction of sp³-hybridized carbons (Fsp3) is 0.360. The number of hydrogen-bond donors (Lipinski definition) is 0. The molecule has 0 aliphatic heterocycles. The summed E-state index contributed by atoms with van der Waals surface area (Å²) in [5, 5.41) is 0.729. The van der Waals surface area contributed by atoms with Crippen LogP contribution >= 0.6 is 0 Å². The van der Waals surface area contributed by atoms with Crippen molar-refractivity contribution in [2.45, 2.75) is 44.6 Å². The molecule has 2 aromatic carbocycles. The van der Waals surface area contributed by atoms with E-state index in [-0.39, 0.29) is 35.9 Å². The Balaban J connectivity index is 1.63. The Morgan fingerprint density at radius 1 is 1.06 bits per heavy atom. The molecule has 34 heavy (non-hydrogen) atoms. The van der Waals surface area contributed by atoms with Crippen molar-refractivity contribution in [1.82, 2.24) is 4.31 Å². The molecule has 1 heterocycles. The molecule has 0 unspecified atom stereocenters. The number of benzene rings is 2. The van der Waals surface area contributed by atoms with Crippen molar-refractivity contribution in [3.8, 4) is 5.75 Å². The van der Waals surface area contributed by atoms with Crippen LogP contribution in [0, 0.1) is 0 Å². The number of carbonyl (C=O) groups excluding carboxylic acids is 1. The summed E-state index contributed by atoms with van der Waals surface area (Å²) in [7, 11) is -2.49. The first-order chi connectivity index (χ1) is 16.3. The minimum Gasteiger partial charge on any atom is -0.495 e. The summed E-state index contributed by atoms with van der Waals surface area (Å²) in [6.45, 7) is 3.89. The quantitative estimate of drug-likeness (QED) is 0.354. The van der Waals surface area contributed by atoms with Gasteiger partial charge in [-0.05, 0) is 60.7 Å². The molecule has 0 atom stereocenters. The standard InChI is InChI=1S/C25H27NO7S/c1-4-26(5-2)34(29,30)23-13-18(9-10-21(23)31-3)25(28)32-15-19-14-24(27)33-22-12-17-8-6-7-16(17)11-20(19)22/h9-14H,4-8,15H2,1-3H3. The molecule has 0 bridgehead atoms. The van der Waals surface area contributed by atoms with E-state index >= 15 is 0 Å². The summed E-state index contributed by atoms with van der Waals surface area (Å²) >= 11 is 0. The van der Waals surface area contributed by atoms with Gasteiger partial charge in [-0.15, -0.1) is 0 Å². The molecule has 3 aromatic rings. The van der Waals surface area contributed by atoms with E-state index in [2.05, 4.69) is 0 Å². The SMILES string of the molecule is CCN(CC)S(=O)(=O)c1cc(C(=O)OCc2cc(=O)oc3cc4c(cc23)CCC4)ccc1OC. The van der Waals surface area contributed by atoms with E-state index in [0.29, 0.717) is 11.1 Å². The first kappa shape index (κ1) is 24.0. The van der Waals surface area contributed by atoms with Gasteiger partial charge in [0.2, 0.25) is 10.0 Å². The fourth-order valence-electron chi connectivity index (χ4n) is 4.35. The number of rotatable bonds is 8. The van der Waals surface area contributed by atoms with Gasteiger partial charge in [0.1, 0.15) is 22.8 Å². The van der Waals surface area contributed by atoms with Crippen molar-refractivity contribution in [3.63, 3.8) is 0 Å². The number of fused-ring (bicyclic) bond motifs is 2. The van der Waals surface area contributed by atoms with Gasteiger partial charge >= 0.3 is 11.6 Å².